The smallest absolute Gasteiger partial charge is 0.410 e. The fourth-order valence-electron chi connectivity index (χ4n) is 4.74. The zero-order chi connectivity index (χ0) is 24.2. The number of fused-ring (bicyclic) bond motifs is 1. The highest BCUT2D eigenvalue weighted by Crippen LogP contribution is 2.29. The standard InChI is InChI=1S/C25H39N3O5/c1-7-19-16-27-20(17-28(19)24(30)33-25(2,3)4)15-26(11-12-31-5)23(29)22(27)14-18-9-8-10-21(13-18)32-6/h8-10,13,19-20,22H,7,11-12,14-17H2,1-6H3/t19-,20-,22-/m1/s1. The second-order valence-electron chi connectivity index (χ2n) is 9.89. The van der Waals surface area contributed by atoms with Crippen LogP contribution in [0.5, 0.6) is 5.75 Å². The molecule has 0 aromatic heterocycles. The summed E-state index contributed by atoms with van der Waals surface area (Å²) in [5.41, 5.74) is 0.511. The molecule has 1 aromatic carbocycles. The monoisotopic (exact) mass is 461 g/mol. The molecule has 8 heteroatoms. The number of carbonyl (C=O) groups is 2. The number of rotatable bonds is 7. The van der Waals surface area contributed by atoms with Gasteiger partial charge in [0.15, 0.2) is 0 Å². The molecule has 2 saturated heterocycles. The zero-order valence-electron chi connectivity index (χ0n) is 20.9. The Morgan fingerprint density at radius 2 is 1.91 bits per heavy atom. The number of piperazine rings is 2. The minimum atomic E-state index is -0.547. The summed E-state index contributed by atoms with van der Waals surface area (Å²) in [6.07, 6.45) is 1.12. The first-order valence-electron chi connectivity index (χ1n) is 11.8. The van der Waals surface area contributed by atoms with Gasteiger partial charge in [-0.2, -0.15) is 0 Å². The Hall–Kier alpha value is -2.32. The molecule has 33 heavy (non-hydrogen) atoms. The van der Waals surface area contributed by atoms with Gasteiger partial charge in [-0.05, 0) is 51.3 Å². The maximum atomic E-state index is 13.5. The summed E-state index contributed by atoms with van der Waals surface area (Å²) in [7, 11) is 3.29. The van der Waals surface area contributed by atoms with Crippen molar-refractivity contribution in [3.8, 4) is 5.75 Å². The van der Waals surface area contributed by atoms with Gasteiger partial charge in [-0.3, -0.25) is 9.69 Å². The second kappa shape index (κ2) is 10.7. The van der Waals surface area contributed by atoms with E-state index in [0.29, 0.717) is 39.2 Å². The lowest BCUT2D eigenvalue weighted by Gasteiger charge is -2.53. The van der Waals surface area contributed by atoms with Crippen LogP contribution in [0.1, 0.15) is 39.7 Å². The van der Waals surface area contributed by atoms with Crippen LogP contribution in [0.15, 0.2) is 24.3 Å². The third kappa shape index (κ3) is 6.18. The third-order valence-corrected chi connectivity index (χ3v) is 6.39. The molecule has 2 heterocycles. The van der Waals surface area contributed by atoms with Crippen LogP contribution in [0.4, 0.5) is 4.79 Å². The van der Waals surface area contributed by atoms with E-state index in [2.05, 4.69) is 11.8 Å². The average molecular weight is 462 g/mol. The first kappa shape index (κ1) is 25.3. The van der Waals surface area contributed by atoms with Crippen molar-refractivity contribution in [3.63, 3.8) is 0 Å². The summed E-state index contributed by atoms with van der Waals surface area (Å²) in [4.78, 5) is 32.6. The normalized spacial score (nSPS) is 23.9. The van der Waals surface area contributed by atoms with Crippen LogP contribution < -0.4 is 4.74 Å². The molecule has 2 aliphatic rings. The lowest BCUT2D eigenvalue weighted by Crippen LogP contribution is -2.71. The number of methoxy groups -OCH3 is 2. The van der Waals surface area contributed by atoms with E-state index in [0.717, 1.165) is 17.7 Å². The van der Waals surface area contributed by atoms with E-state index in [-0.39, 0.29) is 30.1 Å². The van der Waals surface area contributed by atoms with Gasteiger partial charge >= 0.3 is 6.09 Å². The van der Waals surface area contributed by atoms with Crippen molar-refractivity contribution >= 4 is 12.0 Å². The highest BCUT2D eigenvalue weighted by molar-refractivity contribution is 5.83. The van der Waals surface area contributed by atoms with Gasteiger partial charge in [0.25, 0.3) is 0 Å². The van der Waals surface area contributed by atoms with Gasteiger partial charge in [0.1, 0.15) is 11.4 Å². The van der Waals surface area contributed by atoms with E-state index in [9.17, 15) is 9.59 Å². The van der Waals surface area contributed by atoms with Crippen molar-refractivity contribution in [1.29, 1.82) is 0 Å². The second-order valence-corrected chi connectivity index (χ2v) is 9.89. The molecule has 0 spiro atoms. The number of hydrogen-bond donors (Lipinski definition) is 0. The van der Waals surface area contributed by atoms with E-state index >= 15 is 0 Å². The van der Waals surface area contributed by atoms with Crippen molar-refractivity contribution < 1.29 is 23.8 Å². The molecule has 2 fully saturated rings. The summed E-state index contributed by atoms with van der Waals surface area (Å²) in [5, 5.41) is 0. The van der Waals surface area contributed by atoms with Crippen LogP contribution >= 0.6 is 0 Å². The minimum absolute atomic E-state index is 0.00207. The minimum Gasteiger partial charge on any atom is -0.497 e. The largest absolute Gasteiger partial charge is 0.497 e. The highest BCUT2D eigenvalue weighted by atomic mass is 16.6. The summed E-state index contributed by atoms with van der Waals surface area (Å²) in [6.45, 7) is 10.5. The third-order valence-electron chi connectivity index (χ3n) is 6.39. The van der Waals surface area contributed by atoms with Gasteiger partial charge < -0.3 is 24.0 Å². The van der Waals surface area contributed by atoms with Crippen molar-refractivity contribution in [2.75, 3.05) is 47.0 Å². The van der Waals surface area contributed by atoms with Gasteiger partial charge in [-0.15, -0.1) is 0 Å². The molecular formula is C25H39N3O5. The maximum absolute atomic E-state index is 13.5. The first-order valence-corrected chi connectivity index (χ1v) is 11.8. The van der Waals surface area contributed by atoms with Crippen LogP contribution in [0, 0.1) is 0 Å². The molecule has 0 saturated carbocycles. The SMILES string of the molecule is CC[C@@H]1CN2[C@H](CN(CCOC)C(=O)[C@H]2Cc2cccc(OC)c2)CN1C(=O)OC(C)(C)C. The van der Waals surface area contributed by atoms with E-state index in [1.165, 1.54) is 0 Å². The van der Waals surface area contributed by atoms with Gasteiger partial charge in [0.2, 0.25) is 5.91 Å². The molecule has 0 bridgehead atoms. The molecule has 2 aliphatic heterocycles. The molecule has 8 nitrogen and oxygen atoms in total. The van der Waals surface area contributed by atoms with E-state index in [1.807, 2.05) is 54.8 Å². The van der Waals surface area contributed by atoms with Gasteiger partial charge in [-0.1, -0.05) is 19.1 Å². The molecular weight excluding hydrogens is 422 g/mol. The van der Waals surface area contributed by atoms with Crippen molar-refractivity contribution in [1.82, 2.24) is 14.7 Å². The predicted octanol–water partition coefficient (Wildman–Crippen LogP) is 2.79. The molecule has 1 aromatic rings. The number of amides is 2. The number of ether oxygens (including phenoxy) is 3. The summed E-state index contributed by atoms with van der Waals surface area (Å²) in [5.74, 6) is 0.899. The summed E-state index contributed by atoms with van der Waals surface area (Å²) < 4.78 is 16.3. The Labute approximate surface area is 197 Å². The Bertz CT molecular complexity index is 825. The number of benzene rings is 1. The van der Waals surface area contributed by atoms with Gasteiger partial charge in [-0.25, -0.2) is 4.79 Å². The summed E-state index contributed by atoms with van der Waals surface area (Å²) in [6, 6.07) is 7.65. The van der Waals surface area contributed by atoms with Crippen molar-refractivity contribution in [3.05, 3.63) is 29.8 Å². The fourth-order valence-corrected chi connectivity index (χ4v) is 4.74. The molecule has 3 atom stereocenters. The van der Waals surface area contributed by atoms with Crippen LogP contribution in [-0.4, -0.2) is 97.4 Å². The highest BCUT2D eigenvalue weighted by Gasteiger charge is 2.46. The first-order chi connectivity index (χ1) is 15.7. The Morgan fingerprint density at radius 3 is 2.55 bits per heavy atom. The molecule has 0 radical (unpaired) electrons. The van der Waals surface area contributed by atoms with Gasteiger partial charge in [0, 0.05) is 45.4 Å². The van der Waals surface area contributed by atoms with E-state index in [1.54, 1.807) is 14.2 Å². The molecule has 184 valence electrons. The molecule has 0 aliphatic carbocycles. The lowest BCUT2D eigenvalue weighted by molar-refractivity contribution is -0.150. The zero-order valence-corrected chi connectivity index (χ0v) is 20.9. The average Bonchev–Trinajstić information content (AvgIpc) is 2.78. The van der Waals surface area contributed by atoms with E-state index < -0.39 is 5.60 Å². The molecule has 2 amide bonds. The fraction of sp³-hybridized carbons (Fsp3) is 0.680. The van der Waals surface area contributed by atoms with Crippen LogP contribution in [-0.2, 0) is 20.7 Å². The number of carbonyl (C=O) groups excluding carboxylic acids is 2. The molecule has 0 unspecified atom stereocenters. The van der Waals surface area contributed by atoms with Crippen LogP contribution in [0.2, 0.25) is 0 Å². The molecule has 3 rings (SSSR count). The van der Waals surface area contributed by atoms with E-state index in [4.69, 9.17) is 14.2 Å². The predicted molar refractivity (Wildman–Crippen MR) is 126 cm³/mol. The molecule has 0 N–H and O–H groups in total. The lowest BCUT2D eigenvalue weighted by atomic mass is 9.93. The Balaban J connectivity index is 1.86. The quantitative estimate of drug-likeness (QED) is 0.622. The Morgan fingerprint density at radius 1 is 1.15 bits per heavy atom. The van der Waals surface area contributed by atoms with Gasteiger partial charge in [0.05, 0.1) is 19.8 Å². The van der Waals surface area contributed by atoms with Crippen molar-refractivity contribution in [2.45, 2.75) is 64.3 Å². The number of nitrogens with zero attached hydrogens (tertiary/aromatic N) is 3. The Kier molecular flexibility index (Phi) is 8.23. The topological polar surface area (TPSA) is 71.6 Å². The maximum Gasteiger partial charge on any atom is 0.410 e. The van der Waals surface area contributed by atoms with Crippen LogP contribution in [0.3, 0.4) is 0 Å². The van der Waals surface area contributed by atoms with Crippen molar-refractivity contribution in [2.24, 2.45) is 0 Å². The van der Waals surface area contributed by atoms with Crippen LogP contribution in [0.25, 0.3) is 0 Å². The number of hydrogen-bond acceptors (Lipinski definition) is 6. The summed E-state index contributed by atoms with van der Waals surface area (Å²) >= 11 is 0.